The van der Waals surface area contributed by atoms with Crippen LogP contribution in [0.3, 0.4) is 0 Å². The van der Waals surface area contributed by atoms with Crippen LogP contribution in [0.25, 0.3) is 10.8 Å². The fourth-order valence-corrected chi connectivity index (χ4v) is 3.15. The molecule has 31 heavy (non-hydrogen) atoms. The van der Waals surface area contributed by atoms with Crippen LogP contribution in [0, 0.1) is 0 Å². The lowest BCUT2D eigenvalue weighted by Gasteiger charge is -2.06. The molecule has 0 atom stereocenters. The predicted molar refractivity (Wildman–Crippen MR) is 116 cm³/mol. The molecular formula is C23H18N4O4. The molecule has 4 rings (SSSR count). The summed E-state index contributed by atoms with van der Waals surface area (Å²) in [6.45, 7) is 0. The van der Waals surface area contributed by atoms with E-state index in [2.05, 4.69) is 15.6 Å². The van der Waals surface area contributed by atoms with Crippen LogP contribution in [-0.4, -0.2) is 32.4 Å². The van der Waals surface area contributed by atoms with E-state index in [1.165, 1.54) is 24.3 Å². The van der Waals surface area contributed by atoms with Crippen LogP contribution in [0.2, 0.25) is 0 Å². The minimum Gasteiger partial charge on any atom is -0.478 e. The lowest BCUT2D eigenvalue weighted by atomic mass is 10.1. The molecule has 8 heteroatoms. The first-order chi connectivity index (χ1) is 14.9. The van der Waals surface area contributed by atoms with Crippen molar-refractivity contribution in [3.63, 3.8) is 0 Å². The number of nitrogens with zero attached hydrogens (tertiary/aromatic N) is 2. The van der Waals surface area contributed by atoms with Gasteiger partial charge in [0.25, 0.3) is 11.8 Å². The van der Waals surface area contributed by atoms with Gasteiger partial charge in [-0.15, -0.1) is 0 Å². The summed E-state index contributed by atoms with van der Waals surface area (Å²) in [7, 11) is 1.69. The first kappa shape index (κ1) is 19.8. The Morgan fingerprint density at radius 3 is 2.26 bits per heavy atom. The van der Waals surface area contributed by atoms with Gasteiger partial charge in [0.2, 0.25) is 0 Å². The third-order valence-electron chi connectivity index (χ3n) is 4.75. The smallest absolute Gasteiger partial charge is 0.335 e. The monoisotopic (exact) mass is 414 g/mol. The van der Waals surface area contributed by atoms with Crippen LogP contribution >= 0.6 is 0 Å². The summed E-state index contributed by atoms with van der Waals surface area (Å²) in [6, 6.07) is 16.7. The van der Waals surface area contributed by atoms with Crippen LogP contribution in [0.15, 0.2) is 73.1 Å². The van der Waals surface area contributed by atoms with E-state index in [-0.39, 0.29) is 17.2 Å². The van der Waals surface area contributed by atoms with Crippen LogP contribution < -0.4 is 10.6 Å². The number of rotatable bonds is 5. The molecule has 0 spiro atoms. The van der Waals surface area contributed by atoms with Crippen molar-refractivity contribution in [2.75, 3.05) is 10.6 Å². The summed E-state index contributed by atoms with van der Waals surface area (Å²) < 4.78 is 1.59. The quantitative estimate of drug-likeness (QED) is 0.460. The van der Waals surface area contributed by atoms with Crippen LogP contribution in [-0.2, 0) is 7.05 Å². The van der Waals surface area contributed by atoms with E-state index in [0.29, 0.717) is 17.1 Å². The average molecular weight is 414 g/mol. The van der Waals surface area contributed by atoms with E-state index in [1.54, 1.807) is 36.1 Å². The van der Waals surface area contributed by atoms with Crippen LogP contribution in [0.5, 0.6) is 0 Å². The fraction of sp³-hybridized carbons (Fsp3) is 0.0435. The number of hydrogen-bond acceptors (Lipinski definition) is 4. The Labute approximate surface area is 177 Å². The van der Waals surface area contributed by atoms with E-state index in [1.807, 2.05) is 24.3 Å². The highest BCUT2D eigenvalue weighted by molar-refractivity contribution is 6.07. The number of hydrogen-bond donors (Lipinski definition) is 3. The van der Waals surface area contributed by atoms with Gasteiger partial charge < -0.3 is 20.3 Å². The molecule has 0 bridgehead atoms. The second-order valence-electron chi connectivity index (χ2n) is 6.93. The van der Waals surface area contributed by atoms with Crippen molar-refractivity contribution in [3.8, 4) is 0 Å². The summed E-state index contributed by atoms with van der Waals surface area (Å²) in [4.78, 5) is 40.3. The number of aromatic nitrogens is 2. The number of amides is 2. The average Bonchev–Trinajstić information content (AvgIpc) is 3.13. The number of fused-ring (bicyclic) bond motifs is 1. The fourth-order valence-electron chi connectivity index (χ4n) is 3.15. The molecule has 0 aliphatic carbocycles. The first-order valence-electron chi connectivity index (χ1n) is 9.38. The van der Waals surface area contributed by atoms with Crippen molar-refractivity contribution in [2.45, 2.75) is 0 Å². The Balaban J connectivity index is 1.47. The van der Waals surface area contributed by atoms with Gasteiger partial charge in [-0.1, -0.05) is 24.3 Å². The molecule has 0 saturated heterocycles. The maximum atomic E-state index is 12.6. The minimum absolute atomic E-state index is 0.129. The number of benzene rings is 2. The third kappa shape index (κ3) is 4.27. The second-order valence-corrected chi connectivity index (χ2v) is 6.93. The number of carboxylic acids is 1. The van der Waals surface area contributed by atoms with Gasteiger partial charge in [-0.05, 0) is 41.8 Å². The molecule has 0 radical (unpaired) electrons. The van der Waals surface area contributed by atoms with Crippen LogP contribution in [0.1, 0.15) is 31.3 Å². The molecule has 4 aromatic rings. The number of carboxylic acid groups (broad SMARTS) is 1. The Morgan fingerprint density at radius 2 is 1.55 bits per heavy atom. The van der Waals surface area contributed by atoms with Gasteiger partial charge in [0, 0.05) is 30.5 Å². The van der Waals surface area contributed by atoms with Crippen molar-refractivity contribution in [1.29, 1.82) is 0 Å². The highest BCUT2D eigenvalue weighted by Gasteiger charge is 2.15. The summed E-state index contributed by atoms with van der Waals surface area (Å²) in [6.07, 6.45) is 3.27. The molecule has 0 fully saturated rings. The number of aryl methyl sites for hydroxylation is 1. The van der Waals surface area contributed by atoms with Gasteiger partial charge in [0.05, 0.1) is 11.3 Å². The molecule has 0 aliphatic rings. The second kappa shape index (κ2) is 8.11. The van der Waals surface area contributed by atoms with Crippen molar-refractivity contribution in [2.24, 2.45) is 7.05 Å². The SMILES string of the molecule is Cn1cc(NC(=O)c2cc3ccccc3cn2)cc1C(=O)Nc1ccc(C(=O)O)cc1. The number of aromatic carboxylic acids is 1. The standard InChI is InChI=1S/C23H18N4O4/c1-27-13-18(26-21(28)19-10-15-4-2-3-5-16(15)12-24-19)11-20(27)22(29)25-17-8-6-14(7-9-17)23(30)31/h2-13H,1H3,(H,25,29)(H,26,28)(H,30,31). The van der Waals surface area contributed by atoms with Gasteiger partial charge in [0.15, 0.2) is 0 Å². The van der Waals surface area contributed by atoms with E-state index in [0.717, 1.165) is 10.8 Å². The zero-order chi connectivity index (χ0) is 22.0. The number of carbonyl (C=O) groups excluding carboxylic acids is 2. The van der Waals surface area contributed by atoms with Crippen molar-refractivity contribution < 1.29 is 19.5 Å². The van der Waals surface area contributed by atoms with E-state index < -0.39 is 11.9 Å². The molecule has 2 heterocycles. The Morgan fingerprint density at radius 1 is 0.871 bits per heavy atom. The molecule has 0 saturated carbocycles. The van der Waals surface area contributed by atoms with E-state index >= 15 is 0 Å². The largest absolute Gasteiger partial charge is 0.478 e. The third-order valence-corrected chi connectivity index (χ3v) is 4.75. The van der Waals surface area contributed by atoms with Crippen LogP contribution in [0.4, 0.5) is 11.4 Å². The van der Waals surface area contributed by atoms with Crippen molar-refractivity contribution >= 4 is 39.9 Å². The van der Waals surface area contributed by atoms with Gasteiger partial charge >= 0.3 is 5.97 Å². The van der Waals surface area contributed by atoms with Gasteiger partial charge in [-0.3, -0.25) is 14.6 Å². The molecule has 0 aliphatic heterocycles. The van der Waals surface area contributed by atoms with E-state index in [9.17, 15) is 14.4 Å². The lowest BCUT2D eigenvalue weighted by molar-refractivity contribution is 0.0696. The Kier molecular flexibility index (Phi) is 5.19. The lowest BCUT2D eigenvalue weighted by Crippen LogP contribution is -2.15. The molecule has 3 N–H and O–H groups in total. The zero-order valence-corrected chi connectivity index (χ0v) is 16.5. The van der Waals surface area contributed by atoms with Gasteiger partial charge in [-0.2, -0.15) is 0 Å². The van der Waals surface area contributed by atoms with E-state index in [4.69, 9.17) is 5.11 Å². The van der Waals surface area contributed by atoms with Gasteiger partial charge in [-0.25, -0.2) is 4.79 Å². The normalized spacial score (nSPS) is 10.6. The molecule has 0 unspecified atom stereocenters. The highest BCUT2D eigenvalue weighted by Crippen LogP contribution is 2.18. The Hall–Kier alpha value is -4.46. The maximum Gasteiger partial charge on any atom is 0.335 e. The summed E-state index contributed by atoms with van der Waals surface area (Å²) in [5.41, 5.74) is 1.64. The Bertz CT molecular complexity index is 1310. The number of pyridine rings is 1. The van der Waals surface area contributed by atoms with Gasteiger partial charge in [0.1, 0.15) is 11.4 Å². The first-order valence-corrected chi connectivity index (χ1v) is 9.38. The molecule has 2 amide bonds. The molecule has 154 valence electrons. The summed E-state index contributed by atoms with van der Waals surface area (Å²) in [5.74, 6) is -1.82. The number of carbonyl (C=O) groups is 3. The topological polar surface area (TPSA) is 113 Å². The number of anilines is 2. The minimum atomic E-state index is -1.04. The van der Waals surface area contributed by atoms with Crippen molar-refractivity contribution in [3.05, 3.63) is 90.0 Å². The maximum absolute atomic E-state index is 12.6. The molecule has 2 aromatic heterocycles. The summed E-state index contributed by atoms with van der Waals surface area (Å²) >= 11 is 0. The molecule has 2 aromatic carbocycles. The highest BCUT2D eigenvalue weighted by atomic mass is 16.4. The molecular weight excluding hydrogens is 396 g/mol. The van der Waals surface area contributed by atoms with Crippen molar-refractivity contribution in [1.82, 2.24) is 9.55 Å². The summed E-state index contributed by atoms with van der Waals surface area (Å²) in [5, 5.41) is 16.3. The zero-order valence-electron chi connectivity index (χ0n) is 16.5. The predicted octanol–water partition coefficient (Wildman–Crippen LogP) is 3.78. The number of nitrogens with one attached hydrogen (secondary N) is 2. The molecule has 8 nitrogen and oxygen atoms in total.